The molecule has 2 heterocycles. The van der Waals surface area contributed by atoms with Crippen LogP contribution < -0.4 is 20.1 Å². The third-order valence-electron chi connectivity index (χ3n) is 3.52. The molecule has 0 radical (unpaired) electrons. The van der Waals surface area contributed by atoms with Gasteiger partial charge in [0.1, 0.15) is 17.3 Å². The highest BCUT2D eigenvalue weighted by atomic mass is 16.5. The standard InChI is InChI=1S/C18H19N5O2/c1-24-14-3-4-16(25-2)15(11-14)22-17-7-10-20-18(23-17)21-12-13-5-8-19-9-6-13/h3-11H,12H2,1-2H3,(H2,20,21,22,23). The molecule has 0 aliphatic heterocycles. The Balaban J connectivity index is 1.73. The number of methoxy groups -OCH3 is 2. The van der Waals surface area contributed by atoms with E-state index in [0.29, 0.717) is 24.1 Å². The van der Waals surface area contributed by atoms with E-state index in [-0.39, 0.29) is 0 Å². The minimum atomic E-state index is 0.531. The van der Waals surface area contributed by atoms with Crippen LogP contribution in [0.15, 0.2) is 55.0 Å². The number of hydrogen-bond donors (Lipinski definition) is 2. The maximum absolute atomic E-state index is 5.37. The van der Waals surface area contributed by atoms with Gasteiger partial charge >= 0.3 is 0 Å². The topological polar surface area (TPSA) is 81.2 Å². The van der Waals surface area contributed by atoms with Gasteiger partial charge in [0.15, 0.2) is 0 Å². The minimum absolute atomic E-state index is 0.531. The van der Waals surface area contributed by atoms with Gasteiger partial charge < -0.3 is 20.1 Å². The summed E-state index contributed by atoms with van der Waals surface area (Å²) < 4.78 is 10.6. The maximum atomic E-state index is 5.37. The van der Waals surface area contributed by atoms with Crippen LogP contribution in [0.4, 0.5) is 17.5 Å². The van der Waals surface area contributed by atoms with Crippen molar-refractivity contribution in [2.45, 2.75) is 6.54 Å². The Hall–Kier alpha value is -3.35. The van der Waals surface area contributed by atoms with E-state index in [2.05, 4.69) is 25.6 Å². The quantitative estimate of drug-likeness (QED) is 0.685. The van der Waals surface area contributed by atoms with Crippen LogP contribution >= 0.6 is 0 Å². The van der Waals surface area contributed by atoms with Crippen LogP contribution in [-0.4, -0.2) is 29.2 Å². The van der Waals surface area contributed by atoms with Crippen LogP contribution in [0, 0.1) is 0 Å². The lowest BCUT2D eigenvalue weighted by Gasteiger charge is -2.13. The van der Waals surface area contributed by atoms with E-state index in [1.54, 1.807) is 38.9 Å². The highest BCUT2D eigenvalue weighted by Crippen LogP contribution is 2.31. The van der Waals surface area contributed by atoms with Crippen molar-refractivity contribution >= 4 is 17.5 Å². The Bertz CT molecular complexity index is 827. The van der Waals surface area contributed by atoms with E-state index < -0.39 is 0 Å². The van der Waals surface area contributed by atoms with Crippen molar-refractivity contribution < 1.29 is 9.47 Å². The second kappa shape index (κ2) is 7.96. The highest BCUT2D eigenvalue weighted by molar-refractivity contribution is 5.66. The molecule has 0 saturated heterocycles. The van der Waals surface area contributed by atoms with Crippen LogP contribution in [0.2, 0.25) is 0 Å². The second-order valence-electron chi connectivity index (χ2n) is 5.17. The number of ether oxygens (including phenoxy) is 2. The molecule has 2 aromatic heterocycles. The molecule has 7 nitrogen and oxygen atoms in total. The summed E-state index contributed by atoms with van der Waals surface area (Å²) in [6.45, 7) is 0.619. The van der Waals surface area contributed by atoms with E-state index in [1.165, 1.54) is 0 Å². The SMILES string of the molecule is COc1ccc(OC)c(Nc2ccnc(NCc3ccncc3)n2)c1. The first-order valence-corrected chi connectivity index (χ1v) is 7.73. The summed E-state index contributed by atoms with van der Waals surface area (Å²) in [5, 5.41) is 6.42. The number of rotatable bonds is 7. The fourth-order valence-corrected chi connectivity index (χ4v) is 2.24. The molecule has 1 aromatic carbocycles. The molecule has 7 heteroatoms. The predicted molar refractivity (Wildman–Crippen MR) is 96.4 cm³/mol. The van der Waals surface area contributed by atoms with Crippen LogP contribution in [-0.2, 0) is 6.54 Å². The Labute approximate surface area is 146 Å². The lowest BCUT2D eigenvalue weighted by atomic mass is 10.2. The van der Waals surface area contributed by atoms with Gasteiger partial charge in [-0.25, -0.2) is 4.98 Å². The molecule has 0 aliphatic carbocycles. The van der Waals surface area contributed by atoms with E-state index in [0.717, 1.165) is 17.0 Å². The zero-order valence-corrected chi connectivity index (χ0v) is 14.1. The maximum Gasteiger partial charge on any atom is 0.224 e. The molecule has 2 N–H and O–H groups in total. The molecule has 0 atom stereocenters. The van der Waals surface area contributed by atoms with Gasteiger partial charge in [-0.3, -0.25) is 4.98 Å². The van der Waals surface area contributed by atoms with Crippen molar-refractivity contribution in [1.82, 2.24) is 15.0 Å². The highest BCUT2D eigenvalue weighted by Gasteiger charge is 2.07. The Morgan fingerprint density at radius 1 is 0.960 bits per heavy atom. The third kappa shape index (κ3) is 4.35. The fraction of sp³-hybridized carbons (Fsp3) is 0.167. The zero-order chi connectivity index (χ0) is 17.5. The Morgan fingerprint density at radius 2 is 1.80 bits per heavy atom. The number of anilines is 3. The van der Waals surface area contributed by atoms with Crippen LogP contribution in [0.3, 0.4) is 0 Å². The Kier molecular flexibility index (Phi) is 5.26. The molecule has 3 rings (SSSR count). The molecule has 25 heavy (non-hydrogen) atoms. The van der Waals surface area contributed by atoms with Crippen molar-refractivity contribution in [3.05, 3.63) is 60.6 Å². The van der Waals surface area contributed by atoms with Gasteiger partial charge in [0, 0.05) is 31.2 Å². The summed E-state index contributed by atoms with van der Waals surface area (Å²) >= 11 is 0. The zero-order valence-electron chi connectivity index (χ0n) is 14.1. The lowest BCUT2D eigenvalue weighted by Crippen LogP contribution is -2.05. The van der Waals surface area contributed by atoms with Crippen molar-refractivity contribution in [1.29, 1.82) is 0 Å². The van der Waals surface area contributed by atoms with E-state index in [1.807, 2.05) is 30.3 Å². The molecular formula is C18H19N5O2. The monoisotopic (exact) mass is 337 g/mol. The van der Waals surface area contributed by atoms with E-state index in [4.69, 9.17) is 9.47 Å². The van der Waals surface area contributed by atoms with Crippen molar-refractivity contribution in [2.24, 2.45) is 0 Å². The smallest absolute Gasteiger partial charge is 0.224 e. The van der Waals surface area contributed by atoms with Crippen LogP contribution in [0.5, 0.6) is 11.5 Å². The first kappa shape index (κ1) is 16.5. The normalized spacial score (nSPS) is 10.2. The summed E-state index contributed by atoms with van der Waals surface area (Å²) in [5.41, 5.74) is 1.87. The summed E-state index contributed by atoms with van der Waals surface area (Å²) in [4.78, 5) is 12.7. The van der Waals surface area contributed by atoms with Gasteiger partial charge in [0.25, 0.3) is 0 Å². The molecular weight excluding hydrogens is 318 g/mol. The van der Waals surface area contributed by atoms with Crippen molar-refractivity contribution in [3.63, 3.8) is 0 Å². The van der Waals surface area contributed by atoms with Crippen molar-refractivity contribution in [3.8, 4) is 11.5 Å². The summed E-state index contributed by atoms with van der Waals surface area (Å²) in [6, 6.07) is 11.2. The molecule has 0 unspecified atom stereocenters. The molecule has 3 aromatic rings. The second-order valence-corrected chi connectivity index (χ2v) is 5.17. The van der Waals surface area contributed by atoms with Gasteiger partial charge in [-0.15, -0.1) is 0 Å². The molecule has 0 aliphatic rings. The number of pyridine rings is 1. The van der Waals surface area contributed by atoms with Gasteiger partial charge in [-0.1, -0.05) is 0 Å². The van der Waals surface area contributed by atoms with E-state index >= 15 is 0 Å². The number of aromatic nitrogens is 3. The predicted octanol–water partition coefficient (Wildman–Crippen LogP) is 3.24. The molecule has 0 bridgehead atoms. The summed E-state index contributed by atoms with van der Waals surface area (Å²) in [6.07, 6.45) is 5.20. The molecule has 128 valence electrons. The third-order valence-corrected chi connectivity index (χ3v) is 3.52. The number of nitrogens with zero attached hydrogens (tertiary/aromatic N) is 3. The minimum Gasteiger partial charge on any atom is -0.497 e. The van der Waals surface area contributed by atoms with Gasteiger partial charge in [-0.2, -0.15) is 4.98 Å². The Morgan fingerprint density at radius 3 is 2.56 bits per heavy atom. The van der Waals surface area contributed by atoms with Gasteiger partial charge in [-0.05, 0) is 35.9 Å². The molecule has 0 fully saturated rings. The first-order chi connectivity index (χ1) is 12.3. The van der Waals surface area contributed by atoms with Gasteiger partial charge in [0.2, 0.25) is 5.95 Å². The van der Waals surface area contributed by atoms with E-state index in [9.17, 15) is 0 Å². The number of nitrogens with one attached hydrogen (secondary N) is 2. The molecule has 0 spiro atoms. The average molecular weight is 337 g/mol. The summed E-state index contributed by atoms with van der Waals surface area (Å²) in [7, 11) is 3.24. The van der Waals surface area contributed by atoms with Crippen LogP contribution in [0.1, 0.15) is 5.56 Å². The first-order valence-electron chi connectivity index (χ1n) is 7.73. The number of benzene rings is 1. The molecule has 0 amide bonds. The van der Waals surface area contributed by atoms with Gasteiger partial charge in [0.05, 0.1) is 19.9 Å². The van der Waals surface area contributed by atoms with Crippen LogP contribution in [0.25, 0.3) is 0 Å². The largest absolute Gasteiger partial charge is 0.497 e. The fourth-order valence-electron chi connectivity index (χ4n) is 2.24. The van der Waals surface area contributed by atoms with Crippen molar-refractivity contribution in [2.75, 3.05) is 24.9 Å². The lowest BCUT2D eigenvalue weighted by molar-refractivity contribution is 0.405. The average Bonchev–Trinajstić information content (AvgIpc) is 2.67. The summed E-state index contributed by atoms with van der Waals surface area (Å²) in [5.74, 6) is 2.61. The molecule has 0 saturated carbocycles. The number of hydrogen-bond acceptors (Lipinski definition) is 7.